The average molecular weight is 523 g/mol. The molecule has 1 fully saturated rings. The Balaban J connectivity index is 3.03. The molecule has 0 atom stereocenters. The first-order valence-corrected chi connectivity index (χ1v) is 8.67. The van der Waals surface area contributed by atoms with E-state index in [9.17, 15) is 66.3 Å². The molecule has 0 amide bonds. The van der Waals surface area contributed by atoms with Gasteiger partial charge in [-0.05, 0) is 0 Å². The van der Waals surface area contributed by atoms with Crippen LogP contribution in [0.3, 0.4) is 0 Å². The predicted molar refractivity (Wildman–Crippen MR) is 78.5 cm³/mol. The van der Waals surface area contributed by atoms with E-state index in [2.05, 4.69) is 4.74 Å². The lowest BCUT2D eigenvalue weighted by molar-refractivity contribution is -0.376. The SMILES string of the molecule is O=C(OCCN1CCOCC1)C(F)(F)C(F)(F)C(F)(F)C(F)(F)CC(F)(F)C(F)(F)C(F)F. The van der Waals surface area contributed by atoms with Crippen LogP contribution >= 0.6 is 0 Å². The quantitative estimate of drug-likeness (QED) is 0.299. The molecule has 0 aromatic rings. The number of morpholine rings is 1. The Morgan fingerprint density at radius 2 is 1.30 bits per heavy atom. The van der Waals surface area contributed by atoms with E-state index >= 15 is 0 Å². The molecule has 0 bridgehead atoms. The van der Waals surface area contributed by atoms with E-state index in [4.69, 9.17) is 4.74 Å². The number of halogens is 14. The highest BCUT2D eigenvalue weighted by atomic mass is 19.4. The standard InChI is InChI=1S/C15H15F14NO3/c16-8(17)12(22,23)10(18,19)7-11(20,21)14(26,27)15(28,29)13(24,25)9(31)33-6-3-30-1-4-32-5-2-30/h8H,1-7H2. The first kappa shape index (κ1) is 29.4. The van der Waals surface area contributed by atoms with Gasteiger partial charge >= 0.3 is 47.9 Å². The Bertz CT molecular complexity index is 679. The normalized spacial score (nSPS) is 18.0. The van der Waals surface area contributed by atoms with Crippen LogP contribution in [0.15, 0.2) is 0 Å². The summed E-state index contributed by atoms with van der Waals surface area (Å²) in [5.74, 6) is -45.8. The van der Waals surface area contributed by atoms with Gasteiger partial charge < -0.3 is 9.47 Å². The molecule has 0 radical (unpaired) electrons. The molecule has 1 aliphatic rings. The summed E-state index contributed by atoms with van der Waals surface area (Å²) in [6, 6.07) is 0. The van der Waals surface area contributed by atoms with Gasteiger partial charge in [0.2, 0.25) is 0 Å². The van der Waals surface area contributed by atoms with Crippen molar-refractivity contribution in [2.75, 3.05) is 39.5 Å². The molecular formula is C15H15F14NO3. The minimum atomic E-state index is -7.59. The third-order valence-corrected chi connectivity index (χ3v) is 4.45. The fourth-order valence-corrected chi connectivity index (χ4v) is 2.41. The van der Waals surface area contributed by atoms with Gasteiger partial charge in [-0.2, -0.15) is 52.7 Å². The summed E-state index contributed by atoms with van der Waals surface area (Å²) in [5.41, 5.74) is 0. The first-order valence-electron chi connectivity index (χ1n) is 8.67. The van der Waals surface area contributed by atoms with Gasteiger partial charge in [0.1, 0.15) is 6.61 Å². The first-order chi connectivity index (χ1) is 14.6. The lowest BCUT2D eigenvalue weighted by Gasteiger charge is -2.37. The molecule has 0 aliphatic carbocycles. The van der Waals surface area contributed by atoms with E-state index in [0.29, 0.717) is 0 Å². The Hall–Kier alpha value is -1.59. The zero-order valence-corrected chi connectivity index (χ0v) is 16.0. The Kier molecular flexibility index (Phi) is 8.54. The van der Waals surface area contributed by atoms with Crippen molar-refractivity contribution in [3.8, 4) is 0 Å². The summed E-state index contributed by atoms with van der Waals surface area (Å²) >= 11 is 0. The fraction of sp³-hybridized carbons (Fsp3) is 0.933. The summed E-state index contributed by atoms with van der Waals surface area (Å²) in [6.45, 7) is -0.849. The number of hydrogen-bond donors (Lipinski definition) is 0. The second-order valence-corrected chi connectivity index (χ2v) is 6.82. The molecule has 4 nitrogen and oxygen atoms in total. The summed E-state index contributed by atoms with van der Waals surface area (Å²) in [4.78, 5) is 12.6. The van der Waals surface area contributed by atoms with Crippen LogP contribution in [0.1, 0.15) is 6.42 Å². The van der Waals surface area contributed by atoms with Crippen LogP contribution < -0.4 is 0 Å². The minimum absolute atomic E-state index is 0.152. The maximum Gasteiger partial charge on any atom is 0.410 e. The maximum absolute atomic E-state index is 13.7. The van der Waals surface area contributed by atoms with Crippen molar-refractivity contribution in [1.29, 1.82) is 0 Å². The molecule has 0 saturated carbocycles. The van der Waals surface area contributed by atoms with Gasteiger partial charge in [-0.15, -0.1) is 0 Å². The monoisotopic (exact) mass is 523 g/mol. The molecule has 33 heavy (non-hydrogen) atoms. The van der Waals surface area contributed by atoms with Crippen molar-refractivity contribution in [2.24, 2.45) is 0 Å². The second kappa shape index (κ2) is 9.58. The van der Waals surface area contributed by atoms with Crippen LogP contribution in [-0.4, -0.2) is 92.3 Å². The van der Waals surface area contributed by atoms with Gasteiger partial charge in [0.25, 0.3) is 0 Å². The molecule has 0 N–H and O–H groups in total. The van der Waals surface area contributed by atoms with E-state index in [1.54, 1.807) is 0 Å². The molecule has 0 aromatic carbocycles. The smallest absolute Gasteiger partial charge is 0.410 e. The average Bonchev–Trinajstić information content (AvgIpc) is 2.67. The number of nitrogens with zero attached hydrogens (tertiary/aromatic N) is 1. The molecule has 1 saturated heterocycles. The van der Waals surface area contributed by atoms with Crippen molar-refractivity contribution < 1.29 is 75.7 Å². The second-order valence-electron chi connectivity index (χ2n) is 6.82. The lowest BCUT2D eigenvalue weighted by atomic mass is 9.92. The number of ether oxygens (including phenoxy) is 2. The third-order valence-electron chi connectivity index (χ3n) is 4.45. The molecule has 196 valence electrons. The predicted octanol–water partition coefficient (Wildman–Crippen LogP) is 4.33. The van der Waals surface area contributed by atoms with Crippen molar-refractivity contribution >= 4 is 5.97 Å². The molecular weight excluding hydrogens is 508 g/mol. The van der Waals surface area contributed by atoms with Crippen LogP contribution in [-0.2, 0) is 14.3 Å². The van der Waals surface area contributed by atoms with Crippen LogP contribution in [0.2, 0.25) is 0 Å². The summed E-state index contributed by atoms with van der Waals surface area (Å²) in [7, 11) is 0. The van der Waals surface area contributed by atoms with Crippen LogP contribution in [0.5, 0.6) is 0 Å². The van der Waals surface area contributed by atoms with E-state index < -0.39 is 67.5 Å². The molecule has 1 rings (SSSR count). The van der Waals surface area contributed by atoms with Gasteiger partial charge in [-0.3, -0.25) is 4.90 Å². The van der Waals surface area contributed by atoms with Crippen molar-refractivity contribution in [2.45, 2.75) is 48.4 Å². The summed E-state index contributed by atoms with van der Waals surface area (Å²) in [6.07, 6.45) is -9.78. The number of hydrogen-bond acceptors (Lipinski definition) is 4. The minimum Gasteiger partial charge on any atom is -0.460 e. The topological polar surface area (TPSA) is 38.8 Å². The Morgan fingerprint density at radius 1 is 0.818 bits per heavy atom. The molecule has 1 heterocycles. The van der Waals surface area contributed by atoms with E-state index in [-0.39, 0.29) is 26.3 Å². The van der Waals surface area contributed by atoms with Crippen LogP contribution in [0, 0.1) is 0 Å². The number of esters is 1. The number of alkyl halides is 14. The molecule has 18 heteroatoms. The Morgan fingerprint density at radius 3 is 1.76 bits per heavy atom. The fourth-order valence-electron chi connectivity index (χ4n) is 2.41. The van der Waals surface area contributed by atoms with E-state index in [1.807, 2.05) is 0 Å². The highest BCUT2D eigenvalue weighted by Gasteiger charge is 2.85. The van der Waals surface area contributed by atoms with Gasteiger partial charge in [0, 0.05) is 19.6 Å². The zero-order chi connectivity index (χ0) is 26.1. The summed E-state index contributed by atoms with van der Waals surface area (Å²) < 4.78 is 193. The zero-order valence-electron chi connectivity index (χ0n) is 16.0. The largest absolute Gasteiger partial charge is 0.460 e. The third kappa shape index (κ3) is 5.57. The van der Waals surface area contributed by atoms with Crippen molar-refractivity contribution in [3.05, 3.63) is 0 Å². The number of carbonyl (C=O) groups is 1. The van der Waals surface area contributed by atoms with E-state index in [1.165, 1.54) is 4.90 Å². The number of carbonyl (C=O) groups excluding carboxylic acids is 1. The van der Waals surface area contributed by atoms with Crippen LogP contribution in [0.4, 0.5) is 61.5 Å². The lowest BCUT2D eigenvalue weighted by Crippen LogP contribution is -2.66. The Labute approximate surface area is 175 Å². The highest BCUT2D eigenvalue weighted by Crippen LogP contribution is 2.57. The van der Waals surface area contributed by atoms with Gasteiger partial charge in [-0.25, -0.2) is 13.6 Å². The molecule has 1 aliphatic heterocycles. The summed E-state index contributed by atoms with van der Waals surface area (Å²) in [5, 5.41) is 0. The molecule has 0 unspecified atom stereocenters. The van der Waals surface area contributed by atoms with Crippen LogP contribution in [0.25, 0.3) is 0 Å². The van der Waals surface area contributed by atoms with Crippen molar-refractivity contribution in [3.63, 3.8) is 0 Å². The van der Waals surface area contributed by atoms with Gasteiger partial charge in [0.05, 0.1) is 19.6 Å². The highest BCUT2D eigenvalue weighted by molar-refractivity contribution is 5.79. The van der Waals surface area contributed by atoms with E-state index in [0.717, 1.165) is 0 Å². The molecule has 0 aromatic heterocycles. The van der Waals surface area contributed by atoms with Gasteiger partial charge in [-0.1, -0.05) is 0 Å². The molecule has 0 spiro atoms. The number of rotatable bonds is 11. The maximum atomic E-state index is 13.7. The van der Waals surface area contributed by atoms with Crippen molar-refractivity contribution in [1.82, 2.24) is 4.90 Å². The van der Waals surface area contributed by atoms with Gasteiger partial charge in [0.15, 0.2) is 0 Å².